The van der Waals surface area contributed by atoms with Gasteiger partial charge in [-0.05, 0) is 55.3 Å². The Balaban J connectivity index is 1.45. The van der Waals surface area contributed by atoms with E-state index in [0.29, 0.717) is 18.7 Å². The van der Waals surface area contributed by atoms with E-state index in [-0.39, 0.29) is 5.91 Å². The van der Waals surface area contributed by atoms with Crippen LogP contribution in [0, 0.1) is 13.8 Å². The highest BCUT2D eigenvalue weighted by Gasteiger charge is 2.08. The molecule has 156 valence electrons. The van der Waals surface area contributed by atoms with Crippen LogP contribution in [0.1, 0.15) is 27.0 Å². The Morgan fingerprint density at radius 1 is 1.10 bits per heavy atom. The number of para-hydroxylation sites is 1. The maximum absolute atomic E-state index is 12.2. The van der Waals surface area contributed by atoms with Crippen LogP contribution in [0.3, 0.4) is 0 Å². The van der Waals surface area contributed by atoms with Gasteiger partial charge in [-0.1, -0.05) is 24.3 Å². The van der Waals surface area contributed by atoms with Crippen LogP contribution < -0.4 is 10.2 Å². The van der Waals surface area contributed by atoms with Crippen molar-refractivity contribution < 1.29 is 9.53 Å². The van der Waals surface area contributed by atoms with Crippen molar-refractivity contribution in [2.75, 3.05) is 6.61 Å². The molecule has 0 saturated carbocycles. The van der Waals surface area contributed by atoms with Crippen molar-refractivity contribution >= 4 is 23.0 Å². The SMILES string of the molecule is Cc1ccc(OCCn2cc(C=NNC(=O)c3ccncc3)c3ccccc32)cc1C. The minimum atomic E-state index is -0.274. The molecule has 6 nitrogen and oxygen atoms in total. The van der Waals surface area contributed by atoms with Gasteiger partial charge >= 0.3 is 0 Å². The van der Waals surface area contributed by atoms with Crippen LogP contribution in [0.5, 0.6) is 5.75 Å². The highest BCUT2D eigenvalue weighted by Crippen LogP contribution is 2.21. The smallest absolute Gasteiger partial charge is 0.271 e. The Labute approximate surface area is 181 Å². The first-order valence-corrected chi connectivity index (χ1v) is 10.1. The Morgan fingerprint density at radius 3 is 2.71 bits per heavy atom. The minimum Gasteiger partial charge on any atom is -0.492 e. The number of carbonyl (C=O) groups is 1. The molecule has 1 N–H and O–H groups in total. The number of pyridine rings is 1. The number of aromatic nitrogens is 2. The molecule has 0 spiro atoms. The normalized spacial score (nSPS) is 11.2. The second-order valence-electron chi connectivity index (χ2n) is 7.32. The van der Waals surface area contributed by atoms with Gasteiger partial charge in [-0.2, -0.15) is 5.10 Å². The molecular formula is C25H24N4O2. The zero-order valence-electron chi connectivity index (χ0n) is 17.6. The van der Waals surface area contributed by atoms with Gasteiger partial charge in [-0.25, -0.2) is 5.43 Å². The molecule has 2 aromatic carbocycles. The highest BCUT2D eigenvalue weighted by atomic mass is 16.5. The van der Waals surface area contributed by atoms with Crippen LogP contribution in [-0.2, 0) is 6.54 Å². The van der Waals surface area contributed by atoms with Gasteiger partial charge in [-0.3, -0.25) is 9.78 Å². The van der Waals surface area contributed by atoms with E-state index in [1.807, 2.05) is 30.5 Å². The maximum Gasteiger partial charge on any atom is 0.271 e. The average Bonchev–Trinajstić information content (AvgIpc) is 3.14. The van der Waals surface area contributed by atoms with Crippen molar-refractivity contribution in [3.63, 3.8) is 0 Å². The predicted octanol–water partition coefficient (Wildman–Crippen LogP) is 4.50. The zero-order valence-corrected chi connectivity index (χ0v) is 17.6. The number of hydrogen-bond acceptors (Lipinski definition) is 4. The molecule has 2 aromatic heterocycles. The summed E-state index contributed by atoms with van der Waals surface area (Å²) >= 11 is 0. The average molecular weight is 412 g/mol. The number of ether oxygens (including phenoxy) is 1. The molecular weight excluding hydrogens is 388 g/mol. The quantitative estimate of drug-likeness (QED) is 0.359. The first kappa shape index (κ1) is 20.3. The molecule has 0 radical (unpaired) electrons. The molecule has 6 heteroatoms. The summed E-state index contributed by atoms with van der Waals surface area (Å²) in [6.07, 6.45) is 6.84. The monoisotopic (exact) mass is 412 g/mol. The summed E-state index contributed by atoms with van der Waals surface area (Å²) in [5.41, 5.74) is 7.57. The van der Waals surface area contributed by atoms with Gasteiger partial charge in [0.25, 0.3) is 5.91 Å². The van der Waals surface area contributed by atoms with E-state index in [4.69, 9.17) is 4.74 Å². The molecule has 0 saturated heterocycles. The number of hydrogen-bond donors (Lipinski definition) is 1. The number of nitrogens with zero attached hydrogens (tertiary/aromatic N) is 3. The van der Waals surface area contributed by atoms with E-state index in [9.17, 15) is 4.79 Å². The Morgan fingerprint density at radius 2 is 1.90 bits per heavy atom. The van der Waals surface area contributed by atoms with Crippen LogP contribution >= 0.6 is 0 Å². The molecule has 0 aliphatic heterocycles. The van der Waals surface area contributed by atoms with Crippen molar-refractivity contribution in [1.29, 1.82) is 0 Å². The van der Waals surface area contributed by atoms with Crippen LogP contribution in [-0.4, -0.2) is 28.3 Å². The van der Waals surface area contributed by atoms with E-state index in [1.165, 1.54) is 11.1 Å². The van der Waals surface area contributed by atoms with Gasteiger partial charge < -0.3 is 9.30 Å². The standard InChI is InChI=1S/C25H24N4O2/c1-18-7-8-22(15-19(18)2)31-14-13-29-17-21(23-5-3-4-6-24(23)29)16-27-28-25(30)20-9-11-26-12-10-20/h3-12,15-17H,13-14H2,1-2H3,(H,28,30). The van der Waals surface area contributed by atoms with Crippen LogP contribution in [0.25, 0.3) is 10.9 Å². The van der Waals surface area contributed by atoms with E-state index in [0.717, 1.165) is 22.2 Å². The fourth-order valence-corrected chi connectivity index (χ4v) is 3.36. The van der Waals surface area contributed by atoms with Gasteiger partial charge in [0, 0.05) is 40.6 Å². The fourth-order valence-electron chi connectivity index (χ4n) is 3.36. The van der Waals surface area contributed by atoms with E-state index < -0.39 is 0 Å². The van der Waals surface area contributed by atoms with Crippen molar-refractivity contribution in [2.24, 2.45) is 5.10 Å². The summed E-state index contributed by atoms with van der Waals surface area (Å²) < 4.78 is 8.09. The third-order valence-corrected chi connectivity index (χ3v) is 5.21. The lowest BCUT2D eigenvalue weighted by Crippen LogP contribution is -2.17. The van der Waals surface area contributed by atoms with Crippen LogP contribution in [0.15, 0.2) is 78.3 Å². The summed E-state index contributed by atoms with van der Waals surface area (Å²) in [4.78, 5) is 16.1. The Hall–Kier alpha value is -3.93. The summed E-state index contributed by atoms with van der Waals surface area (Å²) in [6.45, 7) is 5.43. The third kappa shape index (κ3) is 4.80. The maximum atomic E-state index is 12.2. The van der Waals surface area contributed by atoms with Gasteiger partial charge in [0.15, 0.2) is 0 Å². The number of nitrogens with one attached hydrogen (secondary N) is 1. The van der Waals surface area contributed by atoms with Crippen LogP contribution in [0.2, 0.25) is 0 Å². The number of benzene rings is 2. The van der Waals surface area contributed by atoms with Gasteiger partial charge in [0.1, 0.15) is 12.4 Å². The number of fused-ring (bicyclic) bond motifs is 1. The number of aryl methyl sites for hydroxylation is 2. The summed E-state index contributed by atoms with van der Waals surface area (Å²) in [5.74, 6) is 0.601. The molecule has 0 unspecified atom stereocenters. The first-order chi connectivity index (χ1) is 15.1. The molecule has 0 aliphatic rings. The van der Waals surface area contributed by atoms with Gasteiger partial charge in [-0.15, -0.1) is 0 Å². The number of hydrazone groups is 1. The van der Waals surface area contributed by atoms with Crippen molar-refractivity contribution in [1.82, 2.24) is 15.0 Å². The zero-order chi connectivity index (χ0) is 21.6. The summed E-state index contributed by atoms with van der Waals surface area (Å²) in [7, 11) is 0. The number of amides is 1. The topological polar surface area (TPSA) is 68.5 Å². The van der Waals surface area contributed by atoms with E-state index >= 15 is 0 Å². The van der Waals surface area contributed by atoms with Crippen molar-refractivity contribution in [3.05, 3.63) is 95.4 Å². The molecule has 4 rings (SSSR count). The molecule has 2 heterocycles. The third-order valence-electron chi connectivity index (χ3n) is 5.21. The predicted molar refractivity (Wildman–Crippen MR) is 123 cm³/mol. The number of carbonyl (C=O) groups excluding carboxylic acids is 1. The van der Waals surface area contributed by atoms with E-state index in [2.05, 4.69) is 52.1 Å². The molecule has 0 bridgehead atoms. The molecule has 0 atom stereocenters. The van der Waals surface area contributed by atoms with Crippen molar-refractivity contribution in [2.45, 2.75) is 20.4 Å². The van der Waals surface area contributed by atoms with Crippen LogP contribution in [0.4, 0.5) is 0 Å². The van der Waals surface area contributed by atoms with Crippen molar-refractivity contribution in [3.8, 4) is 5.75 Å². The lowest BCUT2D eigenvalue weighted by Gasteiger charge is -2.10. The second kappa shape index (κ2) is 9.26. The van der Waals surface area contributed by atoms with Gasteiger partial charge in [0.05, 0.1) is 12.8 Å². The second-order valence-corrected chi connectivity index (χ2v) is 7.32. The Bertz CT molecular complexity index is 1230. The fraction of sp³-hybridized carbons (Fsp3) is 0.160. The lowest BCUT2D eigenvalue weighted by atomic mass is 10.1. The van der Waals surface area contributed by atoms with Gasteiger partial charge in [0.2, 0.25) is 0 Å². The largest absolute Gasteiger partial charge is 0.492 e. The highest BCUT2D eigenvalue weighted by molar-refractivity contribution is 6.00. The molecule has 0 aliphatic carbocycles. The molecule has 1 amide bonds. The summed E-state index contributed by atoms with van der Waals surface area (Å²) in [5, 5.41) is 5.20. The molecule has 4 aromatic rings. The number of rotatable bonds is 7. The molecule has 31 heavy (non-hydrogen) atoms. The lowest BCUT2D eigenvalue weighted by molar-refractivity contribution is 0.0955. The Kier molecular flexibility index (Phi) is 6.08. The van der Waals surface area contributed by atoms with E-state index in [1.54, 1.807) is 30.7 Å². The minimum absolute atomic E-state index is 0.274. The first-order valence-electron chi connectivity index (χ1n) is 10.1. The summed E-state index contributed by atoms with van der Waals surface area (Å²) in [6, 6.07) is 17.5. The molecule has 0 fully saturated rings.